The van der Waals surface area contributed by atoms with Gasteiger partial charge in [-0.25, -0.2) is 0 Å². The second-order valence-corrected chi connectivity index (χ2v) is 4.23. The van der Waals surface area contributed by atoms with E-state index in [-0.39, 0.29) is 6.10 Å². The molecule has 1 heterocycles. The number of halogens is 3. The van der Waals surface area contributed by atoms with Crippen LogP contribution in [0.3, 0.4) is 0 Å². The Hall–Kier alpha value is 0.510. The highest BCUT2D eigenvalue weighted by Crippen LogP contribution is 2.15. The Morgan fingerprint density at radius 3 is 2.92 bits per heavy atom. The summed E-state index contributed by atoms with van der Waals surface area (Å²) in [6, 6.07) is 0. The highest BCUT2D eigenvalue weighted by atomic mass is 127. The predicted octanol–water partition coefficient (Wildman–Crippen LogP) is 2.12. The summed E-state index contributed by atoms with van der Waals surface area (Å²) in [7, 11) is 0. The second-order valence-electron chi connectivity index (χ2n) is 3.15. The molecule has 0 aliphatic carbocycles. The van der Waals surface area contributed by atoms with Crippen molar-refractivity contribution in [2.24, 2.45) is 0 Å². The van der Waals surface area contributed by atoms with Crippen molar-refractivity contribution in [2.45, 2.75) is 25.6 Å². The molecule has 0 aromatic rings. The molecule has 78 valence electrons. The molecule has 13 heavy (non-hydrogen) atoms. The van der Waals surface area contributed by atoms with E-state index in [0.717, 1.165) is 30.4 Å². The Morgan fingerprint density at radius 2 is 2.31 bits per heavy atom. The molecule has 1 saturated heterocycles. The third kappa shape index (κ3) is 4.51. The van der Waals surface area contributed by atoms with Crippen molar-refractivity contribution in [1.82, 2.24) is 4.90 Å². The van der Waals surface area contributed by atoms with Crippen molar-refractivity contribution >= 4 is 22.6 Å². The SMILES string of the molecule is FC(F)OC1CCN(CCCI)C1. The van der Waals surface area contributed by atoms with Gasteiger partial charge >= 0.3 is 6.61 Å². The molecule has 5 heteroatoms. The first-order valence-corrected chi connectivity index (χ1v) is 5.97. The predicted molar refractivity (Wildman–Crippen MR) is 55.4 cm³/mol. The second kappa shape index (κ2) is 6.08. The molecule has 1 rings (SSSR count). The molecular formula is C8H14F2INO. The van der Waals surface area contributed by atoms with Crippen LogP contribution in [0.1, 0.15) is 12.8 Å². The maximum atomic E-state index is 11.8. The Balaban J connectivity index is 2.12. The number of nitrogens with zero attached hydrogens (tertiary/aromatic N) is 1. The molecule has 0 radical (unpaired) electrons. The highest BCUT2D eigenvalue weighted by molar-refractivity contribution is 14.1. The van der Waals surface area contributed by atoms with Gasteiger partial charge < -0.3 is 9.64 Å². The van der Waals surface area contributed by atoms with Crippen LogP contribution < -0.4 is 0 Å². The van der Waals surface area contributed by atoms with Crippen molar-refractivity contribution in [3.05, 3.63) is 0 Å². The third-order valence-electron chi connectivity index (χ3n) is 2.13. The van der Waals surface area contributed by atoms with Gasteiger partial charge in [0.2, 0.25) is 0 Å². The van der Waals surface area contributed by atoms with Crippen LogP contribution in [0.2, 0.25) is 0 Å². The van der Waals surface area contributed by atoms with E-state index in [4.69, 9.17) is 0 Å². The molecule has 1 unspecified atom stereocenters. The van der Waals surface area contributed by atoms with E-state index in [2.05, 4.69) is 32.2 Å². The monoisotopic (exact) mass is 305 g/mol. The van der Waals surface area contributed by atoms with Gasteiger partial charge in [0.15, 0.2) is 0 Å². The molecule has 0 N–H and O–H groups in total. The molecule has 1 atom stereocenters. The Morgan fingerprint density at radius 1 is 1.54 bits per heavy atom. The molecule has 0 bridgehead atoms. The average Bonchev–Trinajstić information content (AvgIpc) is 2.48. The van der Waals surface area contributed by atoms with Gasteiger partial charge in [-0.1, -0.05) is 22.6 Å². The van der Waals surface area contributed by atoms with Crippen molar-refractivity contribution in [3.63, 3.8) is 0 Å². The molecule has 0 aromatic heterocycles. The molecule has 2 nitrogen and oxygen atoms in total. The van der Waals surface area contributed by atoms with Crippen molar-refractivity contribution < 1.29 is 13.5 Å². The van der Waals surface area contributed by atoms with E-state index < -0.39 is 6.61 Å². The minimum absolute atomic E-state index is 0.255. The third-order valence-corrected chi connectivity index (χ3v) is 2.90. The number of ether oxygens (including phenoxy) is 1. The average molecular weight is 305 g/mol. The fourth-order valence-corrected chi connectivity index (χ4v) is 1.88. The van der Waals surface area contributed by atoms with Gasteiger partial charge in [0.25, 0.3) is 0 Å². The lowest BCUT2D eigenvalue weighted by molar-refractivity contribution is -0.158. The van der Waals surface area contributed by atoms with E-state index in [1.165, 1.54) is 0 Å². The molecule has 1 fully saturated rings. The number of hydrogen-bond donors (Lipinski definition) is 0. The van der Waals surface area contributed by atoms with Crippen LogP contribution in [0, 0.1) is 0 Å². The quantitative estimate of drug-likeness (QED) is 0.570. The zero-order valence-electron chi connectivity index (χ0n) is 7.39. The fraction of sp³-hybridized carbons (Fsp3) is 1.00. The summed E-state index contributed by atoms with van der Waals surface area (Å²) in [6.07, 6.45) is 1.61. The van der Waals surface area contributed by atoms with Gasteiger partial charge in [0, 0.05) is 17.5 Å². The molecule has 1 aliphatic rings. The molecule has 0 spiro atoms. The Kier molecular flexibility index (Phi) is 5.42. The summed E-state index contributed by atoms with van der Waals surface area (Å²) in [5, 5.41) is 0. The lowest BCUT2D eigenvalue weighted by Gasteiger charge is -2.14. The van der Waals surface area contributed by atoms with E-state index in [9.17, 15) is 8.78 Å². The summed E-state index contributed by atoms with van der Waals surface area (Å²) in [6.45, 7) is -0.0457. The lowest BCUT2D eigenvalue weighted by atomic mass is 10.3. The number of hydrogen-bond acceptors (Lipinski definition) is 2. The first-order valence-electron chi connectivity index (χ1n) is 4.44. The number of likely N-dealkylation sites (tertiary alicyclic amines) is 1. The summed E-state index contributed by atoms with van der Waals surface area (Å²) in [5.41, 5.74) is 0. The Bertz CT molecular complexity index is 148. The minimum atomic E-state index is -2.62. The van der Waals surface area contributed by atoms with Gasteiger partial charge in [0.05, 0.1) is 6.10 Å². The van der Waals surface area contributed by atoms with E-state index in [1.54, 1.807) is 0 Å². The zero-order valence-corrected chi connectivity index (χ0v) is 9.54. The van der Waals surface area contributed by atoms with E-state index in [0.29, 0.717) is 6.54 Å². The standard InChI is InChI=1S/C8H14F2INO/c9-8(10)13-7-2-5-12(6-7)4-1-3-11/h7-8H,1-6H2. The normalized spacial score (nSPS) is 24.5. The molecule has 0 aromatic carbocycles. The van der Waals surface area contributed by atoms with Crippen LogP contribution in [-0.4, -0.2) is 41.7 Å². The van der Waals surface area contributed by atoms with E-state index >= 15 is 0 Å². The Labute approximate surface area is 90.8 Å². The summed E-state index contributed by atoms with van der Waals surface area (Å²) >= 11 is 2.32. The lowest BCUT2D eigenvalue weighted by Crippen LogP contribution is -2.25. The van der Waals surface area contributed by atoms with Crippen molar-refractivity contribution in [1.29, 1.82) is 0 Å². The van der Waals surface area contributed by atoms with Crippen molar-refractivity contribution in [3.8, 4) is 0 Å². The summed E-state index contributed by atoms with van der Waals surface area (Å²) < 4.78 is 29.2. The molecular weight excluding hydrogens is 291 g/mol. The number of rotatable bonds is 5. The molecule has 0 saturated carbocycles. The van der Waals surface area contributed by atoms with Gasteiger partial charge in [-0.2, -0.15) is 8.78 Å². The van der Waals surface area contributed by atoms with E-state index in [1.807, 2.05) is 0 Å². The van der Waals surface area contributed by atoms with Crippen LogP contribution in [0.25, 0.3) is 0 Å². The topological polar surface area (TPSA) is 12.5 Å². The van der Waals surface area contributed by atoms with Gasteiger partial charge in [-0.05, 0) is 19.4 Å². The zero-order chi connectivity index (χ0) is 9.68. The van der Waals surface area contributed by atoms with Crippen LogP contribution in [0.5, 0.6) is 0 Å². The van der Waals surface area contributed by atoms with Gasteiger partial charge in [-0.15, -0.1) is 0 Å². The number of alkyl halides is 3. The van der Waals surface area contributed by atoms with Gasteiger partial charge in [0.1, 0.15) is 0 Å². The van der Waals surface area contributed by atoms with Crippen LogP contribution in [0.15, 0.2) is 0 Å². The molecule has 0 amide bonds. The maximum absolute atomic E-state index is 11.8. The van der Waals surface area contributed by atoms with Crippen LogP contribution in [0.4, 0.5) is 8.78 Å². The largest absolute Gasteiger partial charge is 0.345 e. The van der Waals surface area contributed by atoms with Crippen LogP contribution in [-0.2, 0) is 4.74 Å². The smallest absolute Gasteiger partial charge is 0.318 e. The minimum Gasteiger partial charge on any atom is -0.318 e. The summed E-state index contributed by atoms with van der Waals surface area (Å²) in [4.78, 5) is 2.19. The first-order chi connectivity index (χ1) is 6.22. The maximum Gasteiger partial charge on any atom is 0.345 e. The fourth-order valence-electron chi connectivity index (χ4n) is 1.54. The summed E-state index contributed by atoms with van der Waals surface area (Å²) in [5.74, 6) is 0. The first kappa shape index (κ1) is 11.6. The van der Waals surface area contributed by atoms with Crippen LogP contribution >= 0.6 is 22.6 Å². The highest BCUT2D eigenvalue weighted by Gasteiger charge is 2.24. The molecule has 1 aliphatic heterocycles. The van der Waals surface area contributed by atoms with Gasteiger partial charge in [-0.3, -0.25) is 0 Å². The van der Waals surface area contributed by atoms with Crippen molar-refractivity contribution in [2.75, 3.05) is 24.1 Å².